The molecule has 4 heteroatoms. The number of benzene rings is 2. The summed E-state index contributed by atoms with van der Waals surface area (Å²) < 4.78 is 12.2. The normalized spacial score (nSPS) is 11.4. The molecule has 108 valence electrons. The summed E-state index contributed by atoms with van der Waals surface area (Å²) in [6, 6.07) is 13.5. The average Bonchev–Trinajstić information content (AvgIpc) is 2.93. The van der Waals surface area contributed by atoms with Gasteiger partial charge in [0.15, 0.2) is 5.58 Å². The maximum absolute atomic E-state index is 12.4. The predicted octanol–water partition coefficient (Wildman–Crippen LogP) is 5.28. The van der Waals surface area contributed by atoms with Crippen LogP contribution in [-0.4, -0.2) is 0 Å². The molecule has 0 aliphatic heterocycles. The highest BCUT2D eigenvalue weighted by atomic mass is 79.9. The fourth-order valence-electron chi connectivity index (χ4n) is 2.65. The first-order chi connectivity index (χ1) is 10.6. The van der Waals surface area contributed by atoms with Crippen LogP contribution in [0.4, 0.5) is 0 Å². The molecule has 0 amide bonds. The van der Waals surface area contributed by atoms with Crippen LogP contribution in [0.1, 0.15) is 5.56 Å². The summed E-state index contributed by atoms with van der Waals surface area (Å²) in [6.45, 7) is 1.96. The van der Waals surface area contributed by atoms with Crippen molar-refractivity contribution in [2.75, 3.05) is 0 Å². The molecule has 2 heterocycles. The van der Waals surface area contributed by atoms with Crippen LogP contribution in [0.25, 0.3) is 33.1 Å². The van der Waals surface area contributed by atoms with E-state index in [9.17, 15) is 4.79 Å². The van der Waals surface area contributed by atoms with Crippen LogP contribution in [-0.2, 0) is 0 Å². The molecule has 0 radical (unpaired) electrons. The van der Waals surface area contributed by atoms with Crippen LogP contribution < -0.4 is 5.63 Å². The van der Waals surface area contributed by atoms with Crippen molar-refractivity contribution in [1.82, 2.24) is 0 Å². The van der Waals surface area contributed by atoms with Crippen molar-refractivity contribution in [3.05, 3.63) is 69.2 Å². The average molecular weight is 355 g/mol. The lowest BCUT2D eigenvalue weighted by Gasteiger charge is -2.01. The van der Waals surface area contributed by atoms with Gasteiger partial charge in [0.2, 0.25) is 0 Å². The first-order valence-electron chi connectivity index (χ1n) is 6.84. The molecule has 2 aromatic heterocycles. The fraction of sp³-hybridized carbons (Fsp3) is 0.0556. The Balaban J connectivity index is 2.09. The largest absolute Gasteiger partial charge is 0.463 e. The number of fused-ring (bicyclic) bond motifs is 3. The maximum Gasteiger partial charge on any atom is 0.348 e. The molecule has 0 saturated carbocycles. The van der Waals surface area contributed by atoms with Gasteiger partial charge in [0.25, 0.3) is 0 Å². The quantitative estimate of drug-likeness (QED) is 0.437. The van der Waals surface area contributed by atoms with Gasteiger partial charge in [0.05, 0.1) is 11.6 Å². The maximum atomic E-state index is 12.4. The van der Waals surface area contributed by atoms with Crippen molar-refractivity contribution in [2.45, 2.75) is 6.92 Å². The zero-order chi connectivity index (χ0) is 15.3. The van der Waals surface area contributed by atoms with Gasteiger partial charge >= 0.3 is 5.63 Å². The molecule has 0 atom stereocenters. The van der Waals surface area contributed by atoms with Gasteiger partial charge < -0.3 is 8.83 Å². The third-order valence-corrected chi connectivity index (χ3v) is 4.26. The van der Waals surface area contributed by atoms with E-state index in [2.05, 4.69) is 15.9 Å². The van der Waals surface area contributed by atoms with Crippen LogP contribution >= 0.6 is 15.9 Å². The molecule has 0 unspecified atom stereocenters. The first kappa shape index (κ1) is 13.3. The molecule has 0 N–H and O–H groups in total. The Labute approximate surface area is 134 Å². The standard InChI is InChI=1S/C18H11BrO3/c1-10-2-7-13-15(8-10)22-18(20)16-14(9-21-17(13)16)11-3-5-12(19)6-4-11/h2-9H,1H3. The topological polar surface area (TPSA) is 43.4 Å². The van der Waals surface area contributed by atoms with E-state index in [1.807, 2.05) is 49.4 Å². The number of furan rings is 1. The molecule has 0 saturated heterocycles. The first-order valence-corrected chi connectivity index (χ1v) is 7.63. The van der Waals surface area contributed by atoms with Crippen LogP contribution in [0.3, 0.4) is 0 Å². The third kappa shape index (κ3) is 1.99. The smallest absolute Gasteiger partial charge is 0.348 e. The molecule has 2 aromatic carbocycles. The fourth-order valence-corrected chi connectivity index (χ4v) is 2.92. The highest BCUT2D eigenvalue weighted by molar-refractivity contribution is 9.10. The number of rotatable bonds is 1. The molecule has 0 aliphatic carbocycles. The number of hydrogen-bond acceptors (Lipinski definition) is 3. The van der Waals surface area contributed by atoms with E-state index in [1.165, 1.54) is 0 Å². The van der Waals surface area contributed by atoms with E-state index < -0.39 is 0 Å². The molecule has 3 nitrogen and oxygen atoms in total. The van der Waals surface area contributed by atoms with Crippen LogP contribution in [0.2, 0.25) is 0 Å². The van der Waals surface area contributed by atoms with E-state index in [0.717, 1.165) is 26.5 Å². The summed E-state index contributed by atoms with van der Waals surface area (Å²) in [6.07, 6.45) is 1.62. The number of aryl methyl sites for hydroxylation is 1. The predicted molar refractivity (Wildman–Crippen MR) is 90.1 cm³/mol. The van der Waals surface area contributed by atoms with Gasteiger partial charge in [-0.3, -0.25) is 0 Å². The van der Waals surface area contributed by atoms with E-state index in [1.54, 1.807) is 6.26 Å². The van der Waals surface area contributed by atoms with Crippen molar-refractivity contribution in [1.29, 1.82) is 0 Å². The van der Waals surface area contributed by atoms with E-state index >= 15 is 0 Å². The van der Waals surface area contributed by atoms with E-state index in [4.69, 9.17) is 8.83 Å². The van der Waals surface area contributed by atoms with Gasteiger partial charge in [0, 0.05) is 10.0 Å². The lowest BCUT2D eigenvalue weighted by atomic mass is 10.0. The minimum absolute atomic E-state index is 0.375. The summed E-state index contributed by atoms with van der Waals surface area (Å²) in [5.74, 6) is 0. The summed E-state index contributed by atoms with van der Waals surface area (Å²) in [5, 5.41) is 1.29. The number of halogens is 1. The third-order valence-electron chi connectivity index (χ3n) is 3.73. The van der Waals surface area contributed by atoms with Gasteiger partial charge in [-0.1, -0.05) is 34.1 Å². The van der Waals surface area contributed by atoms with E-state index in [0.29, 0.717) is 16.6 Å². The summed E-state index contributed by atoms with van der Waals surface area (Å²) in [5.41, 5.74) is 3.45. The Kier molecular flexibility index (Phi) is 2.94. The van der Waals surface area contributed by atoms with Crippen molar-refractivity contribution in [3.63, 3.8) is 0 Å². The zero-order valence-electron chi connectivity index (χ0n) is 11.7. The summed E-state index contributed by atoms with van der Waals surface area (Å²) >= 11 is 3.41. The van der Waals surface area contributed by atoms with Crippen LogP contribution in [0.15, 0.2) is 66.8 Å². The molecule has 4 aromatic rings. The molecular weight excluding hydrogens is 344 g/mol. The van der Waals surface area contributed by atoms with Crippen molar-refractivity contribution in [3.8, 4) is 11.1 Å². The van der Waals surface area contributed by atoms with Crippen LogP contribution in [0, 0.1) is 6.92 Å². The monoisotopic (exact) mass is 354 g/mol. The highest BCUT2D eigenvalue weighted by Gasteiger charge is 2.16. The molecule has 22 heavy (non-hydrogen) atoms. The van der Waals surface area contributed by atoms with Gasteiger partial charge in [-0.05, 0) is 42.3 Å². The van der Waals surface area contributed by atoms with Gasteiger partial charge in [-0.15, -0.1) is 0 Å². The highest BCUT2D eigenvalue weighted by Crippen LogP contribution is 2.33. The minimum atomic E-state index is -0.375. The van der Waals surface area contributed by atoms with E-state index in [-0.39, 0.29) is 5.63 Å². The van der Waals surface area contributed by atoms with Crippen molar-refractivity contribution < 1.29 is 8.83 Å². The van der Waals surface area contributed by atoms with Gasteiger partial charge in [0.1, 0.15) is 11.0 Å². The summed E-state index contributed by atoms with van der Waals surface area (Å²) in [7, 11) is 0. The second kappa shape index (κ2) is 4.85. The Morgan fingerprint density at radius 2 is 1.82 bits per heavy atom. The number of hydrogen-bond donors (Lipinski definition) is 0. The molecule has 0 bridgehead atoms. The molecule has 0 fully saturated rings. The Morgan fingerprint density at radius 3 is 2.59 bits per heavy atom. The molecule has 0 spiro atoms. The second-order valence-corrected chi connectivity index (χ2v) is 6.17. The Hall–Kier alpha value is -2.33. The molecular formula is C18H11BrO3. The van der Waals surface area contributed by atoms with Gasteiger partial charge in [-0.2, -0.15) is 0 Å². The van der Waals surface area contributed by atoms with Crippen molar-refractivity contribution in [2.24, 2.45) is 0 Å². The lowest BCUT2D eigenvalue weighted by Crippen LogP contribution is -1.99. The second-order valence-electron chi connectivity index (χ2n) is 5.25. The lowest BCUT2D eigenvalue weighted by molar-refractivity contribution is 0.564. The summed E-state index contributed by atoms with van der Waals surface area (Å²) in [4.78, 5) is 12.4. The SMILES string of the molecule is Cc1ccc2c(c1)oc(=O)c1c(-c3ccc(Br)cc3)coc12. The van der Waals surface area contributed by atoms with Gasteiger partial charge in [-0.25, -0.2) is 4.79 Å². The molecule has 0 aliphatic rings. The Morgan fingerprint density at radius 1 is 1.05 bits per heavy atom. The van der Waals surface area contributed by atoms with Crippen LogP contribution in [0.5, 0.6) is 0 Å². The zero-order valence-corrected chi connectivity index (χ0v) is 13.3. The molecule has 4 rings (SSSR count). The van der Waals surface area contributed by atoms with Crippen molar-refractivity contribution >= 4 is 37.9 Å². The Bertz CT molecular complexity index is 1060. The minimum Gasteiger partial charge on any atom is -0.463 e.